The van der Waals surface area contributed by atoms with E-state index in [-0.39, 0.29) is 24.5 Å². The van der Waals surface area contributed by atoms with Crippen LogP contribution in [0.2, 0.25) is 0 Å². The van der Waals surface area contributed by atoms with Crippen molar-refractivity contribution in [1.82, 2.24) is 9.62 Å². The minimum absolute atomic E-state index is 0.104. The smallest absolute Gasteiger partial charge is 0.342 e. The van der Waals surface area contributed by atoms with Crippen molar-refractivity contribution in [2.75, 3.05) is 39.3 Å². The summed E-state index contributed by atoms with van der Waals surface area (Å²) in [5.41, 5.74) is 1.51. The molecule has 0 radical (unpaired) electrons. The molecule has 1 aliphatic rings. The highest BCUT2D eigenvalue weighted by Crippen LogP contribution is 2.21. The summed E-state index contributed by atoms with van der Waals surface area (Å²) in [6.45, 7) is 3.26. The Balaban J connectivity index is 1.93. The van der Waals surface area contributed by atoms with E-state index < -0.39 is 28.7 Å². The number of amides is 1. The Morgan fingerprint density at radius 3 is 2.42 bits per heavy atom. The highest BCUT2D eigenvalue weighted by Gasteiger charge is 2.33. The van der Waals surface area contributed by atoms with Crippen molar-refractivity contribution >= 4 is 15.9 Å². The number of rotatable bonds is 5. The van der Waals surface area contributed by atoms with Gasteiger partial charge in [-0.1, -0.05) is 12.1 Å². The summed E-state index contributed by atoms with van der Waals surface area (Å²) < 4.78 is 63.3. The van der Waals surface area contributed by atoms with Crippen LogP contribution in [0.4, 0.5) is 13.2 Å². The van der Waals surface area contributed by atoms with Crippen LogP contribution in [-0.2, 0) is 14.8 Å². The molecule has 0 aromatic heterocycles. The molecule has 1 amide bonds. The highest BCUT2D eigenvalue weighted by molar-refractivity contribution is 7.89. The number of carbonyl (C=O) groups is 1. The van der Waals surface area contributed by atoms with E-state index in [9.17, 15) is 26.4 Å². The van der Waals surface area contributed by atoms with Gasteiger partial charge in [-0.2, -0.15) is 17.5 Å². The van der Waals surface area contributed by atoms with Gasteiger partial charge in [-0.3, -0.25) is 4.79 Å². The number of hydrogen-bond donors (Lipinski definition) is 2. The second-order valence-electron chi connectivity index (χ2n) is 6.49. The predicted molar refractivity (Wildman–Crippen MR) is 89.3 cm³/mol. The Hall–Kier alpha value is -1.65. The van der Waals surface area contributed by atoms with E-state index in [1.54, 1.807) is 19.1 Å². The molecule has 146 valence electrons. The summed E-state index contributed by atoms with van der Waals surface area (Å²) in [6, 6.07) is 5.24. The van der Waals surface area contributed by atoms with Crippen LogP contribution in [-0.4, -0.2) is 64.1 Å². The standard InChI is InChI=1S/C16H22F3N3O3S/c1-12-3-4-13(2)14(9-12)26(24,25)22-7-5-21(6-8-22)10-15(23)20-11-16(17,18)19/h3-4,9H,5-8,10-11H2,1-2H3,(H,20,23)/p+1. The van der Waals surface area contributed by atoms with Crippen LogP contribution in [0.15, 0.2) is 23.1 Å². The molecule has 6 nitrogen and oxygen atoms in total. The number of hydrogen-bond acceptors (Lipinski definition) is 3. The van der Waals surface area contributed by atoms with Crippen molar-refractivity contribution in [2.45, 2.75) is 24.9 Å². The van der Waals surface area contributed by atoms with Crippen LogP contribution in [0.3, 0.4) is 0 Å². The lowest BCUT2D eigenvalue weighted by Gasteiger charge is -2.31. The number of halogens is 3. The maximum Gasteiger partial charge on any atom is 0.405 e. The summed E-state index contributed by atoms with van der Waals surface area (Å²) in [5, 5.41) is 1.83. The molecule has 1 fully saturated rings. The van der Waals surface area contributed by atoms with E-state index in [4.69, 9.17) is 0 Å². The zero-order valence-electron chi connectivity index (χ0n) is 14.7. The van der Waals surface area contributed by atoms with Gasteiger partial charge in [-0.25, -0.2) is 8.42 Å². The number of quaternary nitrogens is 1. The van der Waals surface area contributed by atoms with Gasteiger partial charge in [0, 0.05) is 0 Å². The van der Waals surface area contributed by atoms with Crippen molar-refractivity contribution < 1.29 is 31.3 Å². The summed E-state index contributed by atoms with van der Waals surface area (Å²) in [7, 11) is -3.63. The van der Waals surface area contributed by atoms with Crippen molar-refractivity contribution in [1.29, 1.82) is 0 Å². The average molecular weight is 394 g/mol. The molecule has 0 unspecified atom stereocenters. The number of piperazine rings is 1. The van der Waals surface area contributed by atoms with E-state index in [0.717, 1.165) is 10.5 Å². The van der Waals surface area contributed by atoms with Gasteiger partial charge in [0.05, 0.1) is 31.1 Å². The first kappa shape index (κ1) is 20.7. The first-order chi connectivity index (χ1) is 12.0. The molecule has 0 bridgehead atoms. The minimum atomic E-state index is -4.44. The number of nitrogens with one attached hydrogen (secondary N) is 2. The van der Waals surface area contributed by atoms with E-state index in [1.165, 1.54) is 4.31 Å². The van der Waals surface area contributed by atoms with E-state index >= 15 is 0 Å². The van der Waals surface area contributed by atoms with Crippen LogP contribution in [0.25, 0.3) is 0 Å². The predicted octanol–water partition coefficient (Wildman–Crippen LogP) is -0.129. The molecule has 0 atom stereocenters. The van der Waals surface area contributed by atoms with Crippen molar-refractivity contribution in [2.24, 2.45) is 0 Å². The maximum atomic E-state index is 12.8. The summed E-state index contributed by atoms with van der Waals surface area (Å²) in [4.78, 5) is 12.6. The average Bonchev–Trinajstić information content (AvgIpc) is 2.55. The molecule has 26 heavy (non-hydrogen) atoms. The monoisotopic (exact) mass is 394 g/mol. The van der Waals surface area contributed by atoms with Gasteiger partial charge in [0.25, 0.3) is 5.91 Å². The lowest BCUT2D eigenvalue weighted by molar-refractivity contribution is -0.895. The number of aryl methyl sites for hydroxylation is 2. The Labute approximate surface area is 151 Å². The quantitative estimate of drug-likeness (QED) is 0.731. The molecule has 2 N–H and O–H groups in total. The number of benzene rings is 1. The third kappa shape index (κ3) is 5.42. The van der Waals surface area contributed by atoms with E-state index in [0.29, 0.717) is 18.7 Å². The van der Waals surface area contributed by atoms with Crippen LogP contribution in [0.5, 0.6) is 0 Å². The van der Waals surface area contributed by atoms with Crippen molar-refractivity contribution in [3.8, 4) is 0 Å². The largest absolute Gasteiger partial charge is 0.405 e. The lowest BCUT2D eigenvalue weighted by atomic mass is 10.2. The fourth-order valence-corrected chi connectivity index (χ4v) is 4.58. The van der Waals surface area contributed by atoms with Gasteiger partial charge < -0.3 is 10.2 Å². The Bertz CT molecular complexity index is 758. The topological polar surface area (TPSA) is 70.9 Å². The van der Waals surface area contributed by atoms with Gasteiger partial charge in [-0.15, -0.1) is 0 Å². The number of alkyl halides is 3. The molecule has 0 saturated carbocycles. The number of carbonyl (C=O) groups excluding carboxylic acids is 1. The Morgan fingerprint density at radius 2 is 1.85 bits per heavy atom. The maximum absolute atomic E-state index is 12.8. The van der Waals surface area contributed by atoms with Crippen LogP contribution in [0, 0.1) is 13.8 Å². The summed E-state index contributed by atoms with van der Waals surface area (Å²) in [5.74, 6) is -0.692. The fourth-order valence-electron chi connectivity index (χ4n) is 2.83. The molecule has 1 aliphatic heterocycles. The SMILES string of the molecule is Cc1ccc(C)c(S(=O)(=O)N2CC[NH+](CC(=O)NCC(F)(F)F)CC2)c1. The third-order valence-corrected chi connectivity index (χ3v) is 6.33. The molecule has 1 saturated heterocycles. The van der Waals surface area contributed by atoms with Crippen LogP contribution < -0.4 is 10.2 Å². The normalized spacial score (nSPS) is 17.3. The van der Waals surface area contributed by atoms with Crippen molar-refractivity contribution in [3.63, 3.8) is 0 Å². The van der Waals surface area contributed by atoms with Crippen LogP contribution in [0.1, 0.15) is 11.1 Å². The van der Waals surface area contributed by atoms with Gasteiger partial charge >= 0.3 is 6.18 Å². The van der Waals surface area contributed by atoms with Gasteiger partial charge in [-0.05, 0) is 31.0 Å². The van der Waals surface area contributed by atoms with Gasteiger partial charge in [0.2, 0.25) is 10.0 Å². The summed E-state index contributed by atoms with van der Waals surface area (Å²) >= 11 is 0. The molecule has 1 heterocycles. The second-order valence-corrected chi connectivity index (χ2v) is 8.40. The third-order valence-electron chi connectivity index (χ3n) is 4.29. The van der Waals surface area contributed by atoms with Gasteiger partial charge in [0.15, 0.2) is 6.54 Å². The molecular weight excluding hydrogens is 371 g/mol. The van der Waals surface area contributed by atoms with Gasteiger partial charge in [0.1, 0.15) is 6.54 Å². The molecular formula is C16H23F3N3O3S+. The second kappa shape index (κ2) is 7.93. The lowest BCUT2D eigenvalue weighted by Crippen LogP contribution is -3.15. The number of sulfonamides is 1. The molecule has 0 aliphatic carbocycles. The molecule has 10 heteroatoms. The van der Waals surface area contributed by atoms with E-state index in [2.05, 4.69) is 0 Å². The fraction of sp³-hybridized carbons (Fsp3) is 0.562. The van der Waals surface area contributed by atoms with E-state index in [1.807, 2.05) is 18.3 Å². The molecule has 1 aromatic rings. The summed E-state index contributed by atoms with van der Waals surface area (Å²) in [6.07, 6.45) is -4.44. The highest BCUT2D eigenvalue weighted by atomic mass is 32.2. The van der Waals surface area contributed by atoms with Crippen molar-refractivity contribution in [3.05, 3.63) is 29.3 Å². The number of nitrogens with zero attached hydrogens (tertiary/aromatic N) is 1. The zero-order valence-corrected chi connectivity index (χ0v) is 15.5. The Morgan fingerprint density at radius 1 is 1.23 bits per heavy atom. The molecule has 0 spiro atoms. The zero-order chi connectivity index (χ0) is 19.5. The minimum Gasteiger partial charge on any atom is -0.342 e. The first-order valence-corrected chi connectivity index (χ1v) is 9.67. The molecule has 1 aromatic carbocycles. The molecule has 2 rings (SSSR count). The first-order valence-electron chi connectivity index (χ1n) is 8.23. The Kier molecular flexibility index (Phi) is 6.30. The van der Waals surface area contributed by atoms with Crippen LogP contribution >= 0.6 is 0 Å².